The molecule has 0 aromatic heterocycles. The lowest BCUT2D eigenvalue weighted by molar-refractivity contribution is 0.0417. The van der Waals surface area contributed by atoms with E-state index < -0.39 is 17.6 Å². The number of unbranched alkanes of at least 4 members (excludes halogenated alkanes) is 3. The van der Waals surface area contributed by atoms with Crippen LogP contribution in [0.2, 0.25) is 0 Å². The number of hydrogen-bond donors (Lipinski definition) is 0. The molecule has 0 fully saturated rings. The average molecular weight is 525 g/mol. The Morgan fingerprint density at radius 1 is 0.412 bits per heavy atom. The van der Waals surface area contributed by atoms with Crippen LogP contribution in [-0.2, 0) is 26.6 Å². The molecule has 10 heteroatoms. The van der Waals surface area contributed by atoms with E-state index >= 15 is 0 Å². The summed E-state index contributed by atoms with van der Waals surface area (Å²) in [5.41, 5.74) is 0. The molecule has 0 aromatic carbocycles. The Hall–Kier alpha value is 0.114. The lowest BCUT2D eigenvalue weighted by Gasteiger charge is -2.37. The van der Waals surface area contributed by atoms with Crippen LogP contribution in [0.4, 0.5) is 0 Å². The SMILES string of the molecule is CCO[Si](CN(CCCCCCN(CC)CC)C[Si](OCC)(OCC)OCC)(OCC)OCC. The van der Waals surface area contributed by atoms with E-state index in [4.69, 9.17) is 26.6 Å². The molecule has 8 nitrogen and oxygen atoms in total. The quantitative estimate of drug-likeness (QED) is 0.129. The molecule has 0 amide bonds. The van der Waals surface area contributed by atoms with Crippen molar-refractivity contribution in [2.24, 2.45) is 0 Å². The maximum Gasteiger partial charge on any atom is 0.515 e. The first-order chi connectivity index (χ1) is 16.4. The summed E-state index contributed by atoms with van der Waals surface area (Å²) in [5, 5.41) is 0. The van der Waals surface area contributed by atoms with E-state index in [0.717, 1.165) is 26.1 Å². The zero-order chi connectivity index (χ0) is 25.7. The predicted molar refractivity (Wildman–Crippen MR) is 144 cm³/mol. The lowest BCUT2D eigenvalue weighted by Crippen LogP contribution is -2.61. The van der Waals surface area contributed by atoms with Crippen molar-refractivity contribution in [3.8, 4) is 0 Å². The first-order valence-electron chi connectivity index (χ1n) is 13.7. The highest BCUT2D eigenvalue weighted by Crippen LogP contribution is 2.18. The predicted octanol–water partition coefficient (Wildman–Crippen LogP) is 4.37. The van der Waals surface area contributed by atoms with Crippen molar-refractivity contribution in [2.45, 2.75) is 81.1 Å². The molecule has 34 heavy (non-hydrogen) atoms. The number of rotatable bonds is 25. The Bertz CT molecular complexity index is 399. The van der Waals surface area contributed by atoms with Crippen molar-refractivity contribution in [3.05, 3.63) is 0 Å². The molecule has 0 aliphatic heterocycles. The van der Waals surface area contributed by atoms with Crippen LogP contribution < -0.4 is 0 Å². The van der Waals surface area contributed by atoms with Gasteiger partial charge in [0.2, 0.25) is 0 Å². The van der Waals surface area contributed by atoms with Gasteiger partial charge >= 0.3 is 17.6 Å². The van der Waals surface area contributed by atoms with Gasteiger partial charge in [-0.2, -0.15) is 0 Å². The van der Waals surface area contributed by atoms with Crippen molar-refractivity contribution >= 4 is 17.6 Å². The Balaban J connectivity index is 5.42. The van der Waals surface area contributed by atoms with Crippen LogP contribution >= 0.6 is 0 Å². The fourth-order valence-corrected chi connectivity index (χ4v) is 9.71. The minimum Gasteiger partial charge on any atom is -0.373 e. The second-order valence-corrected chi connectivity index (χ2v) is 13.2. The molecule has 0 rings (SSSR count). The molecule has 0 aromatic rings. The summed E-state index contributed by atoms with van der Waals surface area (Å²) in [5.74, 6) is 0. The van der Waals surface area contributed by atoms with Crippen LogP contribution in [0.3, 0.4) is 0 Å². The molecule has 0 atom stereocenters. The van der Waals surface area contributed by atoms with Crippen LogP contribution in [0.1, 0.15) is 81.1 Å². The van der Waals surface area contributed by atoms with E-state index in [2.05, 4.69) is 23.6 Å². The van der Waals surface area contributed by atoms with Crippen LogP contribution in [-0.4, -0.2) is 106 Å². The smallest absolute Gasteiger partial charge is 0.373 e. The highest BCUT2D eigenvalue weighted by Gasteiger charge is 2.48. The van der Waals surface area contributed by atoms with Gasteiger partial charge < -0.3 is 31.5 Å². The summed E-state index contributed by atoms with van der Waals surface area (Å²) in [7, 11) is -5.71. The van der Waals surface area contributed by atoms with Gasteiger partial charge in [0.05, 0.1) is 12.3 Å². The summed E-state index contributed by atoms with van der Waals surface area (Å²) in [6.07, 6.45) is 6.00. The van der Waals surface area contributed by atoms with Crippen molar-refractivity contribution < 1.29 is 26.6 Å². The topological polar surface area (TPSA) is 61.9 Å². The van der Waals surface area contributed by atoms with E-state index in [0.29, 0.717) is 52.0 Å². The fourth-order valence-electron chi connectivity index (χ4n) is 4.17. The Labute approximate surface area is 213 Å². The van der Waals surface area contributed by atoms with Crippen LogP contribution in [0.15, 0.2) is 0 Å². The Morgan fingerprint density at radius 2 is 0.706 bits per heavy atom. The lowest BCUT2D eigenvalue weighted by atomic mass is 10.2. The number of hydrogen-bond acceptors (Lipinski definition) is 8. The van der Waals surface area contributed by atoms with Crippen LogP contribution in [0, 0.1) is 0 Å². The van der Waals surface area contributed by atoms with Gasteiger partial charge in [0, 0.05) is 39.6 Å². The van der Waals surface area contributed by atoms with E-state index in [1.54, 1.807) is 0 Å². The molecule has 0 radical (unpaired) electrons. The normalized spacial score (nSPS) is 12.9. The van der Waals surface area contributed by atoms with Crippen LogP contribution in [0.25, 0.3) is 0 Å². The first-order valence-corrected chi connectivity index (χ1v) is 17.6. The molecule has 0 aliphatic carbocycles. The highest BCUT2D eigenvalue weighted by atomic mass is 28.4. The van der Waals surface area contributed by atoms with E-state index in [9.17, 15) is 0 Å². The van der Waals surface area contributed by atoms with Gasteiger partial charge in [-0.25, -0.2) is 0 Å². The van der Waals surface area contributed by atoms with Crippen molar-refractivity contribution in [3.63, 3.8) is 0 Å². The maximum absolute atomic E-state index is 6.17. The molecule has 0 spiro atoms. The minimum absolute atomic E-state index is 0.566. The average Bonchev–Trinajstić information content (AvgIpc) is 2.79. The van der Waals surface area contributed by atoms with Crippen molar-refractivity contribution in [1.82, 2.24) is 9.80 Å². The van der Waals surface area contributed by atoms with Gasteiger partial charge in [-0.1, -0.05) is 26.7 Å². The molecule has 0 aliphatic rings. The van der Waals surface area contributed by atoms with Crippen LogP contribution in [0.5, 0.6) is 0 Å². The minimum atomic E-state index is -2.85. The van der Waals surface area contributed by atoms with Gasteiger partial charge in [-0.3, -0.25) is 4.90 Å². The van der Waals surface area contributed by atoms with Gasteiger partial charge in [0.15, 0.2) is 0 Å². The van der Waals surface area contributed by atoms with E-state index in [1.807, 2.05) is 41.5 Å². The summed E-state index contributed by atoms with van der Waals surface area (Å²) in [4.78, 5) is 4.86. The van der Waals surface area contributed by atoms with E-state index in [-0.39, 0.29) is 0 Å². The molecule has 0 unspecified atom stereocenters. The zero-order valence-corrected chi connectivity index (χ0v) is 25.7. The van der Waals surface area contributed by atoms with E-state index in [1.165, 1.54) is 25.8 Å². The summed E-state index contributed by atoms with van der Waals surface area (Å²) in [6, 6.07) is 0. The molecule has 0 saturated carbocycles. The second-order valence-electron chi connectivity index (χ2n) is 8.12. The maximum atomic E-state index is 6.17. The molecule has 206 valence electrons. The third-order valence-electron chi connectivity index (χ3n) is 5.61. The molecular formula is C24H56N2O6Si2. The third-order valence-corrected chi connectivity index (χ3v) is 11.7. The van der Waals surface area contributed by atoms with Crippen molar-refractivity contribution in [1.29, 1.82) is 0 Å². The molecular weight excluding hydrogens is 468 g/mol. The largest absolute Gasteiger partial charge is 0.515 e. The number of nitrogens with zero attached hydrogens (tertiary/aromatic N) is 2. The van der Waals surface area contributed by atoms with Gasteiger partial charge in [-0.05, 0) is 80.6 Å². The summed E-state index contributed by atoms with van der Waals surface area (Å²) < 4.78 is 37.0. The Kier molecular flexibility index (Phi) is 21.3. The molecule has 0 heterocycles. The summed E-state index contributed by atoms with van der Waals surface area (Å²) >= 11 is 0. The summed E-state index contributed by atoms with van der Waals surface area (Å²) in [6.45, 7) is 24.2. The van der Waals surface area contributed by atoms with Gasteiger partial charge in [0.1, 0.15) is 0 Å². The highest BCUT2D eigenvalue weighted by molar-refractivity contribution is 6.62. The Morgan fingerprint density at radius 3 is 0.971 bits per heavy atom. The third kappa shape index (κ3) is 14.0. The van der Waals surface area contributed by atoms with Crippen molar-refractivity contribution in [2.75, 3.05) is 78.2 Å². The molecule has 0 bridgehead atoms. The standard InChI is InChI=1S/C24H56N2O6Si2/c1-9-25(10-2)21-19-17-18-20-22-26(23-33(27-11-3,28-12-4)29-13-5)24-34(30-14-6,31-15-7)32-16-8/h9-24H2,1-8H3. The van der Waals surface area contributed by atoms with Gasteiger partial charge in [-0.15, -0.1) is 0 Å². The monoisotopic (exact) mass is 524 g/mol. The molecule has 0 saturated heterocycles. The first kappa shape index (κ1) is 34.1. The second kappa shape index (κ2) is 21.2. The van der Waals surface area contributed by atoms with Gasteiger partial charge in [0.25, 0.3) is 0 Å². The fraction of sp³-hybridized carbons (Fsp3) is 1.00. The zero-order valence-electron chi connectivity index (χ0n) is 23.7. The molecule has 0 N–H and O–H groups in total.